The molecule has 0 aliphatic carbocycles. The second-order valence-electron chi connectivity index (χ2n) is 5.53. The summed E-state index contributed by atoms with van der Waals surface area (Å²) in [6.07, 6.45) is 0.669. The second-order valence-corrected chi connectivity index (χ2v) is 7.88. The maximum absolute atomic E-state index is 11.7. The van der Waals surface area contributed by atoms with Crippen LogP contribution in [0.3, 0.4) is 0 Å². The van der Waals surface area contributed by atoms with E-state index in [9.17, 15) is 13.2 Å². The van der Waals surface area contributed by atoms with Crippen LogP contribution >= 0.6 is 0 Å². The van der Waals surface area contributed by atoms with E-state index in [1.807, 2.05) is 25.1 Å². The average molecular weight is 319 g/mol. The molecule has 1 unspecified atom stereocenters. The van der Waals surface area contributed by atoms with Crippen molar-refractivity contribution in [2.24, 2.45) is 0 Å². The summed E-state index contributed by atoms with van der Waals surface area (Å²) < 4.78 is 22.9. The highest BCUT2D eigenvalue weighted by molar-refractivity contribution is 7.92. The number of rotatable bonds is 6. The number of sulfone groups is 1. The fourth-order valence-corrected chi connectivity index (χ4v) is 3.08. The molecule has 0 aliphatic heterocycles. The number of hydrogen-bond donors (Lipinski definition) is 1. The molecule has 4 nitrogen and oxygen atoms in total. The van der Waals surface area contributed by atoms with Gasteiger partial charge in [-0.05, 0) is 29.7 Å². The van der Waals surface area contributed by atoms with Gasteiger partial charge in [0.2, 0.25) is 5.91 Å². The molecule has 0 spiro atoms. The molecule has 118 valence electrons. The molecule has 5 heteroatoms. The number of carbonyl (C=O) groups excluding carboxylic acids is 1. The maximum Gasteiger partial charge on any atom is 0.235 e. The van der Waals surface area contributed by atoms with E-state index < -0.39 is 21.5 Å². The summed E-state index contributed by atoms with van der Waals surface area (Å²) in [4.78, 5) is 11.7. The molecular weight excluding hydrogens is 298 g/mol. The zero-order chi connectivity index (χ0) is 16.2. The molecule has 2 rings (SSSR count). The van der Waals surface area contributed by atoms with E-state index in [2.05, 4.69) is 29.6 Å². The van der Waals surface area contributed by atoms with Gasteiger partial charge in [-0.3, -0.25) is 4.79 Å². The van der Waals surface area contributed by atoms with Gasteiger partial charge in [0.25, 0.3) is 0 Å². The van der Waals surface area contributed by atoms with Crippen molar-refractivity contribution in [1.82, 2.24) is 5.32 Å². The van der Waals surface area contributed by atoms with E-state index in [4.69, 9.17) is 0 Å². The topological polar surface area (TPSA) is 63.2 Å². The quantitative estimate of drug-likeness (QED) is 0.889. The Morgan fingerprint density at radius 1 is 1.14 bits per heavy atom. The molecule has 2 aromatic rings. The number of carbonyl (C=O) groups is 1. The number of fused-ring (bicyclic) bond motifs is 1. The number of nitrogens with one attached hydrogen (secondary N) is 1. The molecule has 0 aromatic heterocycles. The van der Waals surface area contributed by atoms with Crippen molar-refractivity contribution in [2.45, 2.75) is 26.3 Å². The highest BCUT2D eigenvalue weighted by Crippen LogP contribution is 2.16. The third kappa shape index (κ3) is 4.56. The van der Waals surface area contributed by atoms with E-state index in [-0.39, 0.29) is 11.8 Å². The van der Waals surface area contributed by atoms with Crippen LogP contribution in [0.4, 0.5) is 0 Å². The van der Waals surface area contributed by atoms with Crippen LogP contribution in [-0.4, -0.2) is 31.9 Å². The highest BCUT2D eigenvalue weighted by atomic mass is 32.2. The molecule has 0 fully saturated rings. The summed E-state index contributed by atoms with van der Waals surface area (Å²) in [7, 11) is -3.28. The van der Waals surface area contributed by atoms with E-state index in [0.717, 1.165) is 10.9 Å². The maximum atomic E-state index is 11.7. The molecule has 22 heavy (non-hydrogen) atoms. The third-order valence-corrected chi connectivity index (χ3v) is 5.14. The highest BCUT2D eigenvalue weighted by Gasteiger charge is 2.16. The predicted molar refractivity (Wildman–Crippen MR) is 89.6 cm³/mol. The van der Waals surface area contributed by atoms with Crippen LogP contribution in [0.5, 0.6) is 0 Å². The van der Waals surface area contributed by atoms with Crippen molar-refractivity contribution in [1.29, 1.82) is 0 Å². The largest absolute Gasteiger partial charge is 0.352 e. The van der Waals surface area contributed by atoms with Crippen LogP contribution in [0.1, 0.15) is 19.4 Å². The first-order chi connectivity index (χ1) is 10.4. The first kappa shape index (κ1) is 16.5. The zero-order valence-electron chi connectivity index (χ0n) is 12.9. The van der Waals surface area contributed by atoms with Crippen LogP contribution in [-0.2, 0) is 21.1 Å². The first-order valence-corrected chi connectivity index (χ1v) is 9.19. The monoisotopic (exact) mass is 319 g/mol. The Morgan fingerprint density at radius 3 is 2.50 bits per heavy atom. The lowest BCUT2D eigenvalue weighted by molar-refractivity contribution is -0.119. The van der Waals surface area contributed by atoms with Gasteiger partial charge in [-0.25, -0.2) is 8.42 Å². The van der Waals surface area contributed by atoms with Gasteiger partial charge in [0.05, 0.1) is 0 Å². The molecular formula is C17H21NO3S. The fraction of sp³-hybridized carbons (Fsp3) is 0.353. The van der Waals surface area contributed by atoms with Crippen molar-refractivity contribution in [3.8, 4) is 0 Å². The van der Waals surface area contributed by atoms with Crippen LogP contribution in [0.15, 0.2) is 42.5 Å². The lowest BCUT2D eigenvalue weighted by atomic mass is 10.0. The molecule has 0 radical (unpaired) electrons. The third-order valence-electron chi connectivity index (χ3n) is 3.55. The normalized spacial score (nSPS) is 13.0. The minimum Gasteiger partial charge on any atom is -0.352 e. The zero-order valence-corrected chi connectivity index (χ0v) is 13.7. The van der Waals surface area contributed by atoms with Crippen molar-refractivity contribution < 1.29 is 13.2 Å². The lowest BCUT2D eigenvalue weighted by Gasteiger charge is -2.14. The molecule has 0 saturated carbocycles. The predicted octanol–water partition coefficient (Wildman–Crippen LogP) is 2.32. The Balaban J connectivity index is 1.98. The van der Waals surface area contributed by atoms with E-state index in [1.165, 1.54) is 5.39 Å². The summed E-state index contributed by atoms with van der Waals surface area (Å²) >= 11 is 0. The van der Waals surface area contributed by atoms with Crippen LogP contribution in [0, 0.1) is 0 Å². The summed E-state index contributed by atoms with van der Waals surface area (Å²) in [5.74, 6) is -0.888. The Labute approximate surface area is 131 Å². The standard InChI is InChI=1S/C17H21NO3S/c1-3-22(20,21)12-17(19)18-13(2)10-14-8-9-15-6-4-5-7-16(15)11-14/h4-9,11,13H,3,10,12H2,1-2H3,(H,18,19). The molecule has 0 bridgehead atoms. The van der Waals surface area contributed by atoms with Gasteiger partial charge in [-0.1, -0.05) is 49.4 Å². The number of benzene rings is 2. The lowest BCUT2D eigenvalue weighted by Crippen LogP contribution is -2.38. The molecule has 2 aromatic carbocycles. The number of amides is 1. The van der Waals surface area contributed by atoms with Crippen molar-refractivity contribution >= 4 is 26.5 Å². The fourth-order valence-electron chi connectivity index (χ4n) is 2.39. The summed E-state index contributed by atoms with van der Waals surface area (Å²) in [6, 6.07) is 14.2. The Morgan fingerprint density at radius 2 is 1.82 bits per heavy atom. The van der Waals surface area contributed by atoms with E-state index in [1.54, 1.807) is 6.92 Å². The van der Waals surface area contributed by atoms with Crippen LogP contribution in [0.2, 0.25) is 0 Å². The second kappa shape index (κ2) is 6.92. The van der Waals surface area contributed by atoms with E-state index >= 15 is 0 Å². The average Bonchev–Trinajstić information content (AvgIpc) is 2.46. The molecule has 1 amide bonds. The minimum atomic E-state index is -3.28. The van der Waals surface area contributed by atoms with Crippen molar-refractivity contribution in [3.05, 3.63) is 48.0 Å². The van der Waals surface area contributed by atoms with Gasteiger partial charge in [-0.15, -0.1) is 0 Å². The first-order valence-electron chi connectivity index (χ1n) is 7.37. The van der Waals surface area contributed by atoms with Crippen LogP contribution < -0.4 is 5.32 Å². The Hall–Kier alpha value is -1.88. The van der Waals surface area contributed by atoms with Crippen LogP contribution in [0.25, 0.3) is 10.8 Å². The van der Waals surface area contributed by atoms with Gasteiger partial charge >= 0.3 is 0 Å². The molecule has 1 atom stereocenters. The van der Waals surface area contributed by atoms with E-state index in [0.29, 0.717) is 6.42 Å². The summed E-state index contributed by atoms with van der Waals surface area (Å²) in [6.45, 7) is 3.42. The SMILES string of the molecule is CCS(=O)(=O)CC(=O)NC(C)Cc1ccc2ccccc2c1. The van der Waals surface area contributed by atoms with Gasteiger partial charge < -0.3 is 5.32 Å². The number of hydrogen-bond acceptors (Lipinski definition) is 3. The Bertz CT molecular complexity index is 768. The minimum absolute atomic E-state index is 0.0144. The molecule has 0 aliphatic rings. The van der Waals surface area contributed by atoms with Gasteiger partial charge in [-0.2, -0.15) is 0 Å². The van der Waals surface area contributed by atoms with Gasteiger partial charge in [0.15, 0.2) is 9.84 Å². The van der Waals surface area contributed by atoms with Crippen molar-refractivity contribution in [2.75, 3.05) is 11.5 Å². The summed E-state index contributed by atoms with van der Waals surface area (Å²) in [5.41, 5.74) is 1.12. The van der Waals surface area contributed by atoms with Gasteiger partial charge in [0, 0.05) is 11.8 Å². The Kier molecular flexibility index (Phi) is 5.19. The molecule has 1 N–H and O–H groups in total. The molecule has 0 heterocycles. The van der Waals surface area contributed by atoms with Gasteiger partial charge in [0.1, 0.15) is 5.75 Å². The van der Waals surface area contributed by atoms with Crippen molar-refractivity contribution in [3.63, 3.8) is 0 Å². The smallest absolute Gasteiger partial charge is 0.235 e. The summed E-state index contributed by atoms with van der Waals surface area (Å²) in [5, 5.41) is 5.09. The molecule has 0 saturated heterocycles.